The number of amides is 1. The molecule has 4 aromatic rings. The number of anilines is 1. The van der Waals surface area contributed by atoms with Crippen LogP contribution < -0.4 is 21.3 Å². The van der Waals surface area contributed by atoms with Crippen LogP contribution in [0.5, 0.6) is 11.6 Å². The van der Waals surface area contributed by atoms with Gasteiger partial charge in [-0.15, -0.1) is 0 Å². The van der Waals surface area contributed by atoms with Crippen LogP contribution in [0.4, 0.5) is 5.69 Å². The topological polar surface area (TPSA) is 104 Å². The van der Waals surface area contributed by atoms with Gasteiger partial charge in [0.2, 0.25) is 11.8 Å². The summed E-state index contributed by atoms with van der Waals surface area (Å²) in [5, 5.41) is 4.93. The van der Waals surface area contributed by atoms with Crippen LogP contribution in [0.15, 0.2) is 64.2 Å². The molecule has 146 valence electrons. The van der Waals surface area contributed by atoms with Crippen molar-refractivity contribution in [3.05, 3.63) is 97.1 Å². The Kier molecular flexibility index (Phi) is 3.19. The first-order chi connectivity index (χ1) is 14.5. The third kappa shape index (κ3) is 1.97. The normalized spacial score (nSPS) is 18.5. The summed E-state index contributed by atoms with van der Waals surface area (Å²) in [6.45, 7) is 0. The summed E-state index contributed by atoms with van der Waals surface area (Å²) in [6, 6.07) is 16.2. The van der Waals surface area contributed by atoms with E-state index in [1.165, 1.54) is 0 Å². The lowest BCUT2D eigenvalue weighted by molar-refractivity contribution is -0.118. The van der Waals surface area contributed by atoms with Crippen molar-refractivity contribution in [2.24, 2.45) is 0 Å². The van der Waals surface area contributed by atoms with Gasteiger partial charge in [-0.25, -0.2) is 4.79 Å². The number of benzene rings is 3. The maximum atomic E-state index is 13.7. The van der Waals surface area contributed by atoms with Gasteiger partial charge < -0.3 is 10.1 Å². The van der Waals surface area contributed by atoms with Crippen LogP contribution >= 0.6 is 11.6 Å². The zero-order valence-electron chi connectivity index (χ0n) is 15.2. The van der Waals surface area contributed by atoms with Gasteiger partial charge >= 0.3 is 5.69 Å². The first-order valence-corrected chi connectivity index (χ1v) is 9.56. The number of aromatic nitrogens is 2. The van der Waals surface area contributed by atoms with Crippen LogP contribution in [0.3, 0.4) is 0 Å². The second-order valence-corrected chi connectivity index (χ2v) is 7.70. The Balaban J connectivity index is 1.89. The summed E-state index contributed by atoms with van der Waals surface area (Å²) >= 11 is 6.30. The van der Waals surface area contributed by atoms with Crippen molar-refractivity contribution in [2.75, 3.05) is 5.32 Å². The van der Waals surface area contributed by atoms with E-state index in [1.807, 2.05) is 30.3 Å². The number of carbonyl (C=O) groups excluding carboxylic acids is 1. The number of rotatable bonds is 0. The lowest BCUT2D eigenvalue weighted by Crippen LogP contribution is -2.45. The Morgan fingerprint density at radius 2 is 1.73 bits per heavy atom. The molecule has 6 rings (SSSR count). The van der Waals surface area contributed by atoms with Gasteiger partial charge in [-0.1, -0.05) is 41.9 Å². The average molecular weight is 418 g/mol. The van der Waals surface area contributed by atoms with Crippen molar-refractivity contribution in [1.82, 2.24) is 9.97 Å². The molecule has 0 radical (unpaired) electrons. The molecule has 7 nitrogen and oxygen atoms in total. The fourth-order valence-electron chi connectivity index (χ4n) is 4.61. The molecule has 2 aliphatic heterocycles. The molecule has 0 saturated carbocycles. The summed E-state index contributed by atoms with van der Waals surface area (Å²) in [5.74, 6) is -0.0978. The van der Waals surface area contributed by atoms with E-state index in [0.29, 0.717) is 27.6 Å². The number of hydrogen-bond donors (Lipinski definition) is 3. The molecule has 1 spiro atoms. The molecule has 1 unspecified atom stereocenters. The smallest absolute Gasteiger partial charge is 0.328 e. The van der Waals surface area contributed by atoms with E-state index in [1.54, 1.807) is 24.3 Å². The zero-order chi connectivity index (χ0) is 20.6. The Labute approximate surface area is 173 Å². The Morgan fingerprint density at radius 1 is 0.900 bits per heavy atom. The highest BCUT2D eigenvalue weighted by molar-refractivity contribution is 6.31. The Morgan fingerprint density at radius 3 is 2.60 bits per heavy atom. The highest BCUT2D eigenvalue weighted by atomic mass is 35.5. The van der Waals surface area contributed by atoms with E-state index in [4.69, 9.17) is 16.3 Å². The van der Waals surface area contributed by atoms with Crippen molar-refractivity contribution in [3.8, 4) is 11.6 Å². The molecule has 30 heavy (non-hydrogen) atoms. The number of ether oxygens (including phenoxy) is 1. The van der Waals surface area contributed by atoms with Gasteiger partial charge in [0.1, 0.15) is 16.7 Å². The maximum absolute atomic E-state index is 13.7. The third-order valence-corrected chi connectivity index (χ3v) is 5.97. The number of halogens is 1. The average Bonchev–Trinajstić information content (AvgIpc) is 2.99. The molecule has 3 aromatic carbocycles. The van der Waals surface area contributed by atoms with E-state index in [9.17, 15) is 14.4 Å². The van der Waals surface area contributed by atoms with E-state index < -0.39 is 22.6 Å². The van der Waals surface area contributed by atoms with Gasteiger partial charge in [0.25, 0.3) is 5.56 Å². The molecule has 3 N–H and O–H groups in total. The summed E-state index contributed by atoms with van der Waals surface area (Å²) < 4.78 is 5.94. The minimum Gasteiger partial charge on any atom is -0.440 e. The SMILES string of the molecule is O=C1Nc2ccc(Cl)cc2C12c1c([nH]c(=O)[nH]c1=O)Oc1ccc3ccccc3c12. The first kappa shape index (κ1) is 17.1. The van der Waals surface area contributed by atoms with Crippen molar-refractivity contribution in [1.29, 1.82) is 0 Å². The first-order valence-electron chi connectivity index (χ1n) is 9.19. The fraction of sp³-hybridized carbons (Fsp3) is 0.0455. The molecule has 1 atom stereocenters. The number of nitrogens with one attached hydrogen (secondary N) is 3. The quantitative estimate of drug-likeness (QED) is 0.408. The van der Waals surface area contributed by atoms with Gasteiger partial charge in [0.15, 0.2) is 0 Å². The van der Waals surface area contributed by atoms with Gasteiger partial charge in [-0.3, -0.25) is 19.6 Å². The molecular weight excluding hydrogens is 406 g/mol. The fourth-order valence-corrected chi connectivity index (χ4v) is 4.78. The van der Waals surface area contributed by atoms with E-state index in [2.05, 4.69) is 15.3 Å². The monoisotopic (exact) mass is 417 g/mol. The molecule has 8 heteroatoms. The Hall–Kier alpha value is -3.84. The molecule has 0 bridgehead atoms. The molecule has 1 amide bonds. The number of H-pyrrole nitrogens is 2. The van der Waals surface area contributed by atoms with E-state index >= 15 is 0 Å². The number of carbonyl (C=O) groups is 1. The second-order valence-electron chi connectivity index (χ2n) is 7.27. The molecule has 2 aliphatic rings. The second kappa shape index (κ2) is 5.61. The maximum Gasteiger partial charge on any atom is 0.328 e. The van der Waals surface area contributed by atoms with Crippen LogP contribution in [-0.2, 0) is 10.2 Å². The van der Waals surface area contributed by atoms with E-state index in [0.717, 1.165) is 10.8 Å². The largest absolute Gasteiger partial charge is 0.440 e. The highest BCUT2D eigenvalue weighted by Crippen LogP contribution is 2.56. The summed E-state index contributed by atoms with van der Waals surface area (Å²) in [4.78, 5) is 43.5. The molecule has 1 aromatic heterocycles. The van der Waals surface area contributed by atoms with Crippen molar-refractivity contribution >= 4 is 34.0 Å². The van der Waals surface area contributed by atoms with Crippen LogP contribution in [0.1, 0.15) is 16.7 Å². The van der Waals surface area contributed by atoms with Gasteiger partial charge in [0, 0.05) is 21.8 Å². The predicted octanol–water partition coefficient (Wildman–Crippen LogP) is 3.26. The van der Waals surface area contributed by atoms with Crippen LogP contribution in [0, 0.1) is 0 Å². The van der Waals surface area contributed by atoms with Crippen molar-refractivity contribution in [2.45, 2.75) is 5.41 Å². The van der Waals surface area contributed by atoms with Crippen molar-refractivity contribution < 1.29 is 9.53 Å². The lowest BCUT2D eigenvalue weighted by atomic mass is 9.68. The number of hydrogen-bond acceptors (Lipinski definition) is 4. The highest BCUT2D eigenvalue weighted by Gasteiger charge is 2.57. The van der Waals surface area contributed by atoms with Crippen LogP contribution in [0.25, 0.3) is 10.8 Å². The Bertz CT molecular complexity index is 1540. The lowest BCUT2D eigenvalue weighted by Gasteiger charge is -2.35. The predicted molar refractivity (Wildman–Crippen MR) is 112 cm³/mol. The van der Waals surface area contributed by atoms with E-state index in [-0.39, 0.29) is 11.4 Å². The molecular formula is C22H12ClN3O4. The number of fused-ring (bicyclic) bond motifs is 8. The van der Waals surface area contributed by atoms with Gasteiger partial charge in [-0.05, 0) is 35.0 Å². The number of aromatic amines is 2. The minimum atomic E-state index is -1.54. The molecule has 3 heterocycles. The molecule has 0 aliphatic carbocycles. The van der Waals surface area contributed by atoms with Crippen molar-refractivity contribution in [3.63, 3.8) is 0 Å². The van der Waals surface area contributed by atoms with Crippen LogP contribution in [-0.4, -0.2) is 15.9 Å². The molecule has 0 saturated heterocycles. The zero-order valence-corrected chi connectivity index (χ0v) is 16.0. The van der Waals surface area contributed by atoms with Gasteiger partial charge in [0.05, 0.1) is 0 Å². The summed E-state index contributed by atoms with van der Waals surface area (Å²) in [5.41, 5.74) is -1.34. The van der Waals surface area contributed by atoms with Gasteiger partial charge in [-0.2, -0.15) is 0 Å². The standard InChI is InChI=1S/C22H12ClN3O4/c23-11-6-7-14-13(9-11)22(20(28)24-14)16-12-4-2-1-3-10(12)5-8-15(16)30-19-17(22)18(27)25-21(29)26-19/h1-9H,(H,24,28)(H2,25,26,27,29). The molecule has 0 fully saturated rings. The summed E-state index contributed by atoms with van der Waals surface area (Å²) in [7, 11) is 0. The minimum absolute atomic E-state index is 0.0180. The third-order valence-electron chi connectivity index (χ3n) is 5.74. The van der Waals surface area contributed by atoms with Crippen LogP contribution in [0.2, 0.25) is 5.02 Å². The summed E-state index contributed by atoms with van der Waals surface area (Å²) in [6.07, 6.45) is 0.